The molecule has 4 heteroatoms. The maximum absolute atomic E-state index is 9.97. The van der Waals surface area contributed by atoms with Gasteiger partial charge in [0.15, 0.2) is 0 Å². The fourth-order valence-electron chi connectivity index (χ4n) is 1.30. The highest BCUT2D eigenvalue weighted by atomic mass is 79.9. The second-order valence-electron chi connectivity index (χ2n) is 3.26. The molecule has 1 aromatic carbocycles. The van der Waals surface area contributed by atoms with Crippen LogP contribution in [0.1, 0.15) is 25.0 Å². The number of aliphatic hydroxyl groups excluding tert-OH is 1. The normalized spacial score (nSPS) is 14.7. The summed E-state index contributed by atoms with van der Waals surface area (Å²) in [6.07, 6.45) is 0.391. The summed E-state index contributed by atoms with van der Waals surface area (Å²) in [5.74, 6) is 0.772. The van der Waals surface area contributed by atoms with Crippen molar-refractivity contribution in [3.05, 3.63) is 28.2 Å². The van der Waals surface area contributed by atoms with Gasteiger partial charge in [-0.15, -0.1) is 0 Å². The van der Waals surface area contributed by atoms with Crippen LogP contribution < -0.4 is 4.74 Å². The molecule has 0 aliphatic heterocycles. The predicted octanol–water partition coefficient (Wildman–Crippen LogP) is 3.66. The van der Waals surface area contributed by atoms with Gasteiger partial charge in [0, 0.05) is 4.83 Å². The number of alkyl halides is 1. The van der Waals surface area contributed by atoms with E-state index in [1.54, 1.807) is 7.11 Å². The lowest BCUT2D eigenvalue weighted by Gasteiger charge is -2.16. The minimum Gasteiger partial charge on any atom is -0.496 e. The molecule has 1 aromatic rings. The Bertz CT molecular complexity index is 328. The van der Waals surface area contributed by atoms with E-state index < -0.39 is 6.10 Å². The SMILES string of the molecule is CCC(Br)C(O)c1ccc(OC)c(Br)c1. The summed E-state index contributed by atoms with van der Waals surface area (Å²) in [7, 11) is 1.62. The van der Waals surface area contributed by atoms with E-state index in [-0.39, 0.29) is 4.83 Å². The Labute approximate surface area is 107 Å². The first-order valence-electron chi connectivity index (χ1n) is 4.75. The summed E-state index contributed by atoms with van der Waals surface area (Å²) in [6.45, 7) is 2.03. The van der Waals surface area contributed by atoms with Crippen molar-refractivity contribution in [1.29, 1.82) is 0 Å². The molecule has 0 aromatic heterocycles. The molecule has 0 spiro atoms. The number of hydrogen-bond donors (Lipinski definition) is 1. The van der Waals surface area contributed by atoms with E-state index in [2.05, 4.69) is 31.9 Å². The van der Waals surface area contributed by atoms with Crippen LogP contribution in [0.2, 0.25) is 0 Å². The Morgan fingerprint density at radius 1 is 1.47 bits per heavy atom. The number of halogens is 2. The summed E-state index contributed by atoms with van der Waals surface area (Å²) in [5, 5.41) is 9.97. The molecule has 2 nitrogen and oxygen atoms in total. The number of ether oxygens (including phenoxy) is 1. The standard InChI is InChI=1S/C11H14Br2O2/c1-3-8(12)11(14)7-4-5-10(15-2)9(13)6-7/h4-6,8,11,14H,3H2,1-2H3. The van der Waals surface area contributed by atoms with Crippen LogP contribution in [-0.4, -0.2) is 17.0 Å². The van der Waals surface area contributed by atoms with E-state index in [1.807, 2.05) is 25.1 Å². The molecule has 0 bridgehead atoms. The average molecular weight is 338 g/mol. The topological polar surface area (TPSA) is 29.5 Å². The van der Waals surface area contributed by atoms with Crippen molar-refractivity contribution < 1.29 is 9.84 Å². The van der Waals surface area contributed by atoms with Crippen molar-refractivity contribution in [3.63, 3.8) is 0 Å². The van der Waals surface area contributed by atoms with Crippen molar-refractivity contribution >= 4 is 31.9 Å². The number of methoxy groups -OCH3 is 1. The molecule has 0 aliphatic carbocycles. The highest BCUT2D eigenvalue weighted by Crippen LogP contribution is 2.31. The van der Waals surface area contributed by atoms with Crippen LogP contribution >= 0.6 is 31.9 Å². The van der Waals surface area contributed by atoms with Gasteiger partial charge in [-0.05, 0) is 40.0 Å². The van der Waals surface area contributed by atoms with E-state index in [0.717, 1.165) is 22.2 Å². The second kappa shape index (κ2) is 5.87. The molecule has 2 unspecified atom stereocenters. The van der Waals surface area contributed by atoms with Gasteiger partial charge in [0.25, 0.3) is 0 Å². The monoisotopic (exact) mass is 336 g/mol. The Kier molecular flexibility index (Phi) is 5.09. The smallest absolute Gasteiger partial charge is 0.133 e. The molecule has 0 radical (unpaired) electrons. The van der Waals surface area contributed by atoms with Crippen molar-refractivity contribution in [1.82, 2.24) is 0 Å². The fourth-order valence-corrected chi connectivity index (χ4v) is 2.16. The summed E-state index contributed by atoms with van der Waals surface area (Å²) >= 11 is 6.84. The molecule has 84 valence electrons. The van der Waals surface area contributed by atoms with Gasteiger partial charge in [0.1, 0.15) is 5.75 Å². The third kappa shape index (κ3) is 3.20. The minimum atomic E-state index is -0.489. The highest BCUT2D eigenvalue weighted by Gasteiger charge is 2.17. The molecule has 0 aliphatic rings. The van der Waals surface area contributed by atoms with Gasteiger partial charge in [0.05, 0.1) is 17.7 Å². The molecular formula is C11H14Br2O2. The van der Waals surface area contributed by atoms with Crippen LogP contribution in [-0.2, 0) is 0 Å². The molecule has 0 amide bonds. The summed E-state index contributed by atoms with van der Waals surface area (Å²) < 4.78 is 5.98. The van der Waals surface area contributed by atoms with E-state index >= 15 is 0 Å². The zero-order valence-corrected chi connectivity index (χ0v) is 11.9. The largest absolute Gasteiger partial charge is 0.496 e. The first-order valence-corrected chi connectivity index (χ1v) is 6.46. The minimum absolute atomic E-state index is 0.0813. The first-order chi connectivity index (χ1) is 7.10. The van der Waals surface area contributed by atoms with Gasteiger partial charge in [-0.3, -0.25) is 0 Å². The zero-order chi connectivity index (χ0) is 11.4. The number of aliphatic hydroxyl groups is 1. The molecule has 1 N–H and O–H groups in total. The van der Waals surface area contributed by atoms with Crippen molar-refractivity contribution in [2.24, 2.45) is 0 Å². The summed E-state index contributed by atoms with van der Waals surface area (Å²) in [5.41, 5.74) is 0.881. The van der Waals surface area contributed by atoms with Crippen LogP contribution in [0.25, 0.3) is 0 Å². The molecular weight excluding hydrogens is 324 g/mol. The van der Waals surface area contributed by atoms with Gasteiger partial charge in [-0.2, -0.15) is 0 Å². The highest BCUT2D eigenvalue weighted by molar-refractivity contribution is 9.10. The van der Waals surface area contributed by atoms with Crippen LogP contribution in [0.3, 0.4) is 0 Å². The van der Waals surface area contributed by atoms with Gasteiger partial charge in [-0.25, -0.2) is 0 Å². The Morgan fingerprint density at radius 2 is 2.13 bits per heavy atom. The summed E-state index contributed by atoms with van der Waals surface area (Å²) in [6, 6.07) is 5.60. The van der Waals surface area contributed by atoms with Gasteiger partial charge < -0.3 is 9.84 Å². The molecule has 0 fully saturated rings. The lowest BCUT2D eigenvalue weighted by atomic mass is 10.1. The number of rotatable bonds is 4. The Morgan fingerprint density at radius 3 is 2.60 bits per heavy atom. The van der Waals surface area contributed by atoms with Gasteiger partial charge >= 0.3 is 0 Å². The fraction of sp³-hybridized carbons (Fsp3) is 0.455. The quantitative estimate of drug-likeness (QED) is 0.849. The van der Waals surface area contributed by atoms with Crippen molar-refractivity contribution in [2.45, 2.75) is 24.3 Å². The molecule has 0 saturated carbocycles. The van der Waals surface area contributed by atoms with Crippen molar-refractivity contribution in [3.8, 4) is 5.75 Å². The predicted molar refractivity (Wildman–Crippen MR) is 68.7 cm³/mol. The van der Waals surface area contributed by atoms with Gasteiger partial charge in [-0.1, -0.05) is 28.9 Å². The number of benzene rings is 1. The Balaban J connectivity index is 2.92. The molecule has 0 heterocycles. The molecule has 0 saturated heterocycles. The lowest BCUT2D eigenvalue weighted by Crippen LogP contribution is -2.10. The second-order valence-corrected chi connectivity index (χ2v) is 5.29. The third-order valence-corrected chi connectivity index (χ3v) is 4.02. The van der Waals surface area contributed by atoms with E-state index in [1.165, 1.54) is 0 Å². The van der Waals surface area contributed by atoms with Crippen LogP contribution in [0, 0.1) is 0 Å². The maximum Gasteiger partial charge on any atom is 0.133 e. The molecule has 2 atom stereocenters. The van der Waals surface area contributed by atoms with Crippen molar-refractivity contribution in [2.75, 3.05) is 7.11 Å². The van der Waals surface area contributed by atoms with E-state index in [4.69, 9.17) is 4.74 Å². The zero-order valence-electron chi connectivity index (χ0n) is 8.71. The van der Waals surface area contributed by atoms with E-state index in [0.29, 0.717) is 0 Å². The summed E-state index contributed by atoms with van der Waals surface area (Å²) in [4.78, 5) is 0.0813. The Hall–Kier alpha value is -0.0600. The van der Waals surface area contributed by atoms with E-state index in [9.17, 15) is 5.11 Å². The molecule has 15 heavy (non-hydrogen) atoms. The first kappa shape index (κ1) is 13.0. The lowest BCUT2D eigenvalue weighted by molar-refractivity contribution is 0.175. The average Bonchev–Trinajstić information content (AvgIpc) is 2.26. The third-order valence-electron chi connectivity index (χ3n) is 2.25. The van der Waals surface area contributed by atoms with Crippen LogP contribution in [0.15, 0.2) is 22.7 Å². The van der Waals surface area contributed by atoms with Gasteiger partial charge in [0.2, 0.25) is 0 Å². The molecule has 1 rings (SSSR count). The van der Waals surface area contributed by atoms with Crippen LogP contribution in [0.4, 0.5) is 0 Å². The van der Waals surface area contributed by atoms with Crippen LogP contribution in [0.5, 0.6) is 5.75 Å². The maximum atomic E-state index is 9.97. The number of hydrogen-bond acceptors (Lipinski definition) is 2.